The van der Waals surface area contributed by atoms with E-state index in [1.807, 2.05) is 17.8 Å². The maximum Gasteiger partial charge on any atom is 0.0555 e. The molecule has 0 aromatic heterocycles. The average molecular weight is 276 g/mol. The lowest BCUT2D eigenvalue weighted by atomic mass is 10.1. The molecule has 0 saturated heterocycles. The molecule has 1 unspecified atom stereocenters. The summed E-state index contributed by atoms with van der Waals surface area (Å²) in [6.45, 7) is 3.60. The number of nitrogens with two attached hydrogens (primary N) is 1. The number of benzene rings is 1. The number of nitrogens with zero attached hydrogens (tertiary/aromatic N) is 1. The SMILES string of the molecule is CCC(CSC)N(C)Cc1ccccc1C#CCN. The van der Waals surface area contributed by atoms with Crippen LogP contribution in [-0.4, -0.2) is 36.5 Å². The monoisotopic (exact) mass is 276 g/mol. The van der Waals surface area contributed by atoms with Gasteiger partial charge in [-0.15, -0.1) is 0 Å². The smallest absolute Gasteiger partial charge is 0.0555 e. The van der Waals surface area contributed by atoms with Crippen LogP contribution in [0.1, 0.15) is 24.5 Å². The quantitative estimate of drug-likeness (QED) is 0.810. The van der Waals surface area contributed by atoms with Gasteiger partial charge in [-0.3, -0.25) is 4.90 Å². The van der Waals surface area contributed by atoms with Crippen LogP contribution in [0.3, 0.4) is 0 Å². The standard InChI is InChI=1S/C16H24N2S/c1-4-16(13-19-3)18(2)12-15-9-6-5-8-14(15)10-7-11-17/h5-6,8-9,16H,4,11-13,17H2,1-3H3. The molecule has 0 bridgehead atoms. The molecule has 0 saturated carbocycles. The van der Waals surface area contributed by atoms with Crippen molar-refractivity contribution in [1.82, 2.24) is 4.90 Å². The summed E-state index contributed by atoms with van der Waals surface area (Å²) >= 11 is 1.91. The minimum Gasteiger partial charge on any atom is -0.320 e. The maximum absolute atomic E-state index is 5.45. The van der Waals surface area contributed by atoms with E-state index in [1.54, 1.807) is 0 Å². The molecule has 0 amide bonds. The third-order valence-corrected chi connectivity index (χ3v) is 3.93. The Balaban J connectivity index is 2.80. The highest BCUT2D eigenvalue weighted by Gasteiger charge is 2.13. The molecule has 0 heterocycles. The lowest BCUT2D eigenvalue weighted by Crippen LogP contribution is -2.32. The molecule has 0 spiro atoms. The van der Waals surface area contributed by atoms with Crippen LogP contribution in [0.5, 0.6) is 0 Å². The summed E-state index contributed by atoms with van der Waals surface area (Å²) in [5.74, 6) is 7.27. The maximum atomic E-state index is 5.45. The topological polar surface area (TPSA) is 29.3 Å². The van der Waals surface area contributed by atoms with E-state index in [4.69, 9.17) is 5.73 Å². The van der Waals surface area contributed by atoms with Crippen molar-refractivity contribution in [1.29, 1.82) is 0 Å². The number of hydrogen-bond acceptors (Lipinski definition) is 3. The first-order valence-electron chi connectivity index (χ1n) is 6.68. The van der Waals surface area contributed by atoms with E-state index in [2.05, 4.69) is 55.2 Å². The summed E-state index contributed by atoms with van der Waals surface area (Å²) < 4.78 is 0. The molecule has 0 aliphatic carbocycles. The molecular weight excluding hydrogens is 252 g/mol. The molecule has 0 aliphatic rings. The van der Waals surface area contributed by atoms with Gasteiger partial charge in [-0.05, 0) is 31.4 Å². The van der Waals surface area contributed by atoms with Gasteiger partial charge in [0.1, 0.15) is 0 Å². The number of hydrogen-bond donors (Lipinski definition) is 1. The van der Waals surface area contributed by atoms with E-state index in [9.17, 15) is 0 Å². The van der Waals surface area contributed by atoms with Crippen LogP contribution in [0.2, 0.25) is 0 Å². The summed E-state index contributed by atoms with van der Waals surface area (Å²) in [5.41, 5.74) is 7.83. The molecule has 19 heavy (non-hydrogen) atoms. The van der Waals surface area contributed by atoms with Crippen LogP contribution in [0.4, 0.5) is 0 Å². The second kappa shape index (κ2) is 9.03. The van der Waals surface area contributed by atoms with Crippen molar-refractivity contribution in [2.24, 2.45) is 5.73 Å². The van der Waals surface area contributed by atoms with Crippen molar-refractivity contribution in [3.63, 3.8) is 0 Å². The van der Waals surface area contributed by atoms with Gasteiger partial charge in [0.2, 0.25) is 0 Å². The molecule has 1 aromatic rings. The molecule has 3 heteroatoms. The lowest BCUT2D eigenvalue weighted by Gasteiger charge is -2.27. The fourth-order valence-electron chi connectivity index (χ4n) is 2.07. The Labute approximate surface area is 121 Å². The van der Waals surface area contributed by atoms with Gasteiger partial charge in [-0.1, -0.05) is 37.0 Å². The Kier molecular flexibility index (Phi) is 7.66. The van der Waals surface area contributed by atoms with E-state index >= 15 is 0 Å². The second-order valence-corrected chi connectivity index (χ2v) is 5.51. The summed E-state index contributed by atoms with van der Waals surface area (Å²) in [4.78, 5) is 2.42. The summed E-state index contributed by atoms with van der Waals surface area (Å²) in [7, 11) is 2.19. The largest absolute Gasteiger partial charge is 0.320 e. The van der Waals surface area contributed by atoms with Gasteiger partial charge in [-0.2, -0.15) is 11.8 Å². The summed E-state index contributed by atoms with van der Waals surface area (Å²) in [5, 5.41) is 0. The van der Waals surface area contributed by atoms with Crippen LogP contribution < -0.4 is 5.73 Å². The molecule has 2 nitrogen and oxygen atoms in total. The first kappa shape index (κ1) is 16.1. The van der Waals surface area contributed by atoms with Gasteiger partial charge in [-0.25, -0.2) is 0 Å². The third kappa shape index (κ3) is 5.28. The van der Waals surface area contributed by atoms with Gasteiger partial charge in [0.15, 0.2) is 0 Å². The van der Waals surface area contributed by atoms with Gasteiger partial charge >= 0.3 is 0 Å². The molecular formula is C16H24N2S. The summed E-state index contributed by atoms with van der Waals surface area (Å²) in [6.07, 6.45) is 3.34. The first-order chi connectivity index (χ1) is 9.22. The molecule has 0 radical (unpaired) electrons. The van der Waals surface area contributed by atoms with Crippen LogP contribution in [0.25, 0.3) is 0 Å². The fraction of sp³-hybridized carbons (Fsp3) is 0.500. The normalized spacial score (nSPS) is 12.1. The molecule has 1 rings (SSSR count). The van der Waals surface area contributed by atoms with Crippen LogP contribution >= 0.6 is 11.8 Å². The lowest BCUT2D eigenvalue weighted by molar-refractivity contribution is 0.248. The Hall–Kier alpha value is -0.950. The van der Waals surface area contributed by atoms with Gasteiger partial charge in [0, 0.05) is 23.9 Å². The minimum atomic E-state index is 0.411. The van der Waals surface area contributed by atoms with Gasteiger partial charge < -0.3 is 5.73 Å². The van der Waals surface area contributed by atoms with E-state index < -0.39 is 0 Å². The Morgan fingerprint density at radius 2 is 2.11 bits per heavy atom. The van der Waals surface area contributed by atoms with Crippen LogP contribution in [0.15, 0.2) is 24.3 Å². The molecule has 104 valence electrons. The molecule has 2 N–H and O–H groups in total. The summed E-state index contributed by atoms with van der Waals surface area (Å²) in [6, 6.07) is 8.95. The van der Waals surface area contributed by atoms with E-state index in [0.717, 1.165) is 12.1 Å². The molecule has 1 aromatic carbocycles. The zero-order valence-corrected chi connectivity index (χ0v) is 13.0. The van der Waals surface area contributed by atoms with E-state index in [0.29, 0.717) is 12.6 Å². The van der Waals surface area contributed by atoms with Crippen molar-refractivity contribution in [3.8, 4) is 11.8 Å². The molecule has 0 aliphatic heterocycles. The fourth-order valence-corrected chi connectivity index (χ4v) is 2.95. The molecule has 0 fully saturated rings. The van der Waals surface area contributed by atoms with Crippen molar-refractivity contribution in [3.05, 3.63) is 35.4 Å². The van der Waals surface area contributed by atoms with Crippen molar-refractivity contribution in [2.45, 2.75) is 25.9 Å². The van der Waals surface area contributed by atoms with E-state index in [1.165, 1.54) is 17.7 Å². The highest BCUT2D eigenvalue weighted by Crippen LogP contribution is 2.15. The van der Waals surface area contributed by atoms with Crippen molar-refractivity contribution in [2.75, 3.05) is 25.6 Å². The van der Waals surface area contributed by atoms with Crippen LogP contribution in [-0.2, 0) is 6.54 Å². The average Bonchev–Trinajstić information content (AvgIpc) is 2.43. The Morgan fingerprint density at radius 1 is 1.37 bits per heavy atom. The number of thioether (sulfide) groups is 1. The van der Waals surface area contributed by atoms with E-state index in [-0.39, 0.29) is 0 Å². The predicted molar refractivity (Wildman–Crippen MR) is 86.3 cm³/mol. The van der Waals surface area contributed by atoms with Crippen LogP contribution in [0, 0.1) is 11.8 Å². The first-order valence-corrected chi connectivity index (χ1v) is 8.08. The zero-order valence-electron chi connectivity index (χ0n) is 12.1. The second-order valence-electron chi connectivity index (χ2n) is 4.60. The van der Waals surface area contributed by atoms with Gasteiger partial charge in [0.25, 0.3) is 0 Å². The predicted octanol–water partition coefficient (Wildman–Crippen LogP) is 2.57. The van der Waals surface area contributed by atoms with Crippen molar-refractivity contribution >= 4 is 11.8 Å². The molecule has 1 atom stereocenters. The Morgan fingerprint density at radius 3 is 2.74 bits per heavy atom. The highest BCUT2D eigenvalue weighted by molar-refractivity contribution is 7.98. The minimum absolute atomic E-state index is 0.411. The van der Waals surface area contributed by atoms with Gasteiger partial charge in [0.05, 0.1) is 6.54 Å². The third-order valence-electron chi connectivity index (χ3n) is 3.22. The van der Waals surface area contributed by atoms with Crippen molar-refractivity contribution < 1.29 is 0 Å². The Bertz CT molecular complexity index is 434. The zero-order chi connectivity index (χ0) is 14.1. The highest BCUT2D eigenvalue weighted by atomic mass is 32.2. The number of rotatable bonds is 6.